The van der Waals surface area contributed by atoms with Gasteiger partial charge in [-0.05, 0) is 49.2 Å². The van der Waals surface area contributed by atoms with Gasteiger partial charge in [-0.15, -0.1) is 0 Å². The van der Waals surface area contributed by atoms with Crippen molar-refractivity contribution in [2.24, 2.45) is 0 Å². The molecular weight excluding hydrogens is 410 g/mol. The van der Waals surface area contributed by atoms with Gasteiger partial charge in [-0.1, -0.05) is 41.9 Å². The average Bonchev–Trinajstić information content (AvgIpc) is 3.12. The number of aryl methyl sites for hydroxylation is 1. The maximum Gasteiger partial charge on any atom is 0.253 e. The molecule has 0 unspecified atom stereocenters. The van der Waals surface area contributed by atoms with E-state index in [1.807, 2.05) is 49.4 Å². The fourth-order valence-corrected chi connectivity index (χ4v) is 4.17. The smallest absolute Gasteiger partial charge is 0.253 e. The quantitative estimate of drug-likeness (QED) is 0.618. The number of morpholine rings is 1. The van der Waals surface area contributed by atoms with Crippen LogP contribution in [-0.2, 0) is 4.74 Å². The molecule has 1 N–H and O–H groups in total. The Morgan fingerprint density at radius 1 is 1.06 bits per heavy atom. The van der Waals surface area contributed by atoms with Gasteiger partial charge in [0.15, 0.2) is 0 Å². The number of aromatic nitrogens is 1. The minimum atomic E-state index is -0.0479. The van der Waals surface area contributed by atoms with Crippen molar-refractivity contribution in [2.75, 3.05) is 39.4 Å². The minimum Gasteiger partial charge on any atom is -0.379 e. The summed E-state index contributed by atoms with van der Waals surface area (Å²) < 4.78 is 7.55. The molecule has 6 heteroatoms. The van der Waals surface area contributed by atoms with Gasteiger partial charge in [0.25, 0.3) is 5.91 Å². The highest BCUT2D eigenvalue weighted by Gasteiger charge is 2.20. The van der Waals surface area contributed by atoms with Crippen LogP contribution in [0.1, 0.15) is 21.6 Å². The van der Waals surface area contributed by atoms with Gasteiger partial charge in [0, 0.05) is 42.6 Å². The van der Waals surface area contributed by atoms with Crippen molar-refractivity contribution < 1.29 is 9.53 Å². The fraction of sp³-hybridized carbons (Fsp3) is 0.320. The van der Waals surface area contributed by atoms with E-state index in [0.29, 0.717) is 17.1 Å². The number of carbonyl (C=O) groups excluding carboxylic acids is 1. The Labute approximate surface area is 188 Å². The van der Waals surface area contributed by atoms with E-state index in [1.54, 1.807) is 0 Å². The summed E-state index contributed by atoms with van der Waals surface area (Å²) in [6.45, 7) is 8.89. The highest BCUT2D eigenvalue weighted by Crippen LogP contribution is 2.31. The zero-order chi connectivity index (χ0) is 21.8. The van der Waals surface area contributed by atoms with Crippen LogP contribution in [-0.4, -0.2) is 54.8 Å². The van der Waals surface area contributed by atoms with E-state index in [-0.39, 0.29) is 5.91 Å². The molecule has 1 fully saturated rings. The number of nitrogens with zero attached hydrogens (tertiary/aromatic N) is 2. The van der Waals surface area contributed by atoms with Crippen LogP contribution in [0.4, 0.5) is 0 Å². The number of para-hydroxylation sites is 1. The largest absolute Gasteiger partial charge is 0.379 e. The molecule has 1 aromatic heterocycles. The second-order valence-corrected chi connectivity index (χ2v) is 8.30. The van der Waals surface area contributed by atoms with Crippen LogP contribution in [0.25, 0.3) is 16.9 Å². The maximum atomic E-state index is 13.1. The molecule has 1 saturated heterocycles. The van der Waals surface area contributed by atoms with Gasteiger partial charge in [-0.3, -0.25) is 9.69 Å². The van der Waals surface area contributed by atoms with Crippen LogP contribution >= 0.6 is 11.6 Å². The van der Waals surface area contributed by atoms with Gasteiger partial charge in [0.05, 0.1) is 24.5 Å². The molecule has 0 radical (unpaired) electrons. The zero-order valence-electron chi connectivity index (χ0n) is 18.0. The Balaban J connectivity index is 1.63. The molecular formula is C25H28ClN3O2. The summed E-state index contributed by atoms with van der Waals surface area (Å²) in [6, 6.07) is 17.9. The monoisotopic (exact) mass is 437 g/mol. The van der Waals surface area contributed by atoms with Crippen LogP contribution in [0.15, 0.2) is 54.6 Å². The number of amides is 1. The SMILES string of the molecule is Cc1ccccc1-n1c(-c2ccc(Cl)cc2)cc(C(=O)NCCN2CCOCC2)c1C. The maximum absolute atomic E-state index is 13.1. The molecule has 2 heterocycles. The second kappa shape index (κ2) is 9.69. The van der Waals surface area contributed by atoms with Crippen LogP contribution in [0.2, 0.25) is 5.02 Å². The number of rotatable bonds is 6. The van der Waals surface area contributed by atoms with Gasteiger partial charge >= 0.3 is 0 Å². The number of nitrogens with one attached hydrogen (secondary N) is 1. The molecule has 4 rings (SSSR count). The molecule has 1 aliphatic heterocycles. The van der Waals surface area contributed by atoms with E-state index < -0.39 is 0 Å². The van der Waals surface area contributed by atoms with Gasteiger partial charge in [-0.25, -0.2) is 0 Å². The first-order valence-corrected chi connectivity index (χ1v) is 11.0. The number of hydrogen-bond acceptors (Lipinski definition) is 3. The van der Waals surface area contributed by atoms with E-state index in [0.717, 1.165) is 61.1 Å². The predicted octanol–water partition coefficient (Wildman–Crippen LogP) is 4.48. The van der Waals surface area contributed by atoms with E-state index in [9.17, 15) is 4.79 Å². The van der Waals surface area contributed by atoms with Gasteiger partial charge < -0.3 is 14.6 Å². The summed E-state index contributed by atoms with van der Waals surface area (Å²) in [7, 11) is 0. The lowest BCUT2D eigenvalue weighted by atomic mass is 10.1. The summed E-state index contributed by atoms with van der Waals surface area (Å²) >= 11 is 6.11. The molecule has 162 valence electrons. The normalized spacial score (nSPS) is 14.5. The lowest BCUT2D eigenvalue weighted by Gasteiger charge is -2.26. The highest BCUT2D eigenvalue weighted by atomic mass is 35.5. The van der Waals surface area contributed by atoms with Gasteiger partial charge in [0.2, 0.25) is 0 Å². The number of carbonyl (C=O) groups is 1. The van der Waals surface area contributed by atoms with Crippen LogP contribution < -0.4 is 5.32 Å². The molecule has 0 atom stereocenters. The topological polar surface area (TPSA) is 46.5 Å². The molecule has 0 aliphatic carbocycles. The summed E-state index contributed by atoms with van der Waals surface area (Å²) in [5, 5.41) is 3.79. The van der Waals surface area contributed by atoms with Crippen molar-refractivity contribution in [1.82, 2.24) is 14.8 Å². The Kier molecular flexibility index (Phi) is 6.76. The van der Waals surface area contributed by atoms with Crippen molar-refractivity contribution in [2.45, 2.75) is 13.8 Å². The summed E-state index contributed by atoms with van der Waals surface area (Å²) in [5.41, 5.74) is 5.82. The first kappa shape index (κ1) is 21.6. The van der Waals surface area contributed by atoms with Gasteiger partial charge in [0.1, 0.15) is 0 Å². The summed E-state index contributed by atoms with van der Waals surface area (Å²) in [4.78, 5) is 15.4. The van der Waals surface area contributed by atoms with E-state index >= 15 is 0 Å². The molecule has 0 saturated carbocycles. The third-order valence-electron chi connectivity index (χ3n) is 5.81. The lowest BCUT2D eigenvalue weighted by Crippen LogP contribution is -2.41. The van der Waals surface area contributed by atoms with Crippen molar-refractivity contribution in [3.8, 4) is 16.9 Å². The predicted molar refractivity (Wildman–Crippen MR) is 125 cm³/mol. The van der Waals surface area contributed by atoms with Crippen molar-refractivity contribution >= 4 is 17.5 Å². The van der Waals surface area contributed by atoms with Crippen molar-refractivity contribution in [1.29, 1.82) is 0 Å². The third kappa shape index (κ3) is 4.85. The molecule has 0 bridgehead atoms. The number of benzene rings is 2. The lowest BCUT2D eigenvalue weighted by molar-refractivity contribution is 0.0383. The Morgan fingerprint density at radius 2 is 1.77 bits per heavy atom. The molecule has 1 amide bonds. The molecule has 5 nitrogen and oxygen atoms in total. The number of hydrogen-bond donors (Lipinski definition) is 1. The molecule has 3 aromatic rings. The summed E-state index contributed by atoms with van der Waals surface area (Å²) in [6.07, 6.45) is 0. The van der Waals surface area contributed by atoms with Crippen LogP contribution in [0, 0.1) is 13.8 Å². The molecule has 1 aliphatic rings. The standard InChI is InChI=1S/C25H28ClN3O2/c1-18-5-3-4-6-23(18)29-19(2)22(17-24(29)20-7-9-21(26)10-8-20)25(30)27-11-12-28-13-15-31-16-14-28/h3-10,17H,11-16H2,1-2H3,(H,27,30). The molecule has 2 aromatic carbocycles. The first-order chi connectivity index (χ1) is 15.0. The van der Waals surface area contributed by atoms with Crippen molar-refractivity contribution in [3.05, 3.63) is 76.4 Å². The van der Waals surface area contributed by atoms with Crippen LogP contribution in [0.3, 0.4) is 0 Å². The van der Waals surface area contributed by atoms with E-state index in [2.05, 4.69) is 33.8 Å². The Hall–Kier alpha value is -2.60. The third-order valence-corrected chi connectivity index (χ3v) is 6.06. The Morgan fingerprint density at radius 3 is 2.48 bits per heavy atom. The van der Waals surface area contributed by atoms with Gasteiger partial charge in [-0.2, -0.15) is 0 Å². The average molecular weight is 438 g/mol. The molecule has 0 spiro atoms. The zero-order valence-corrected chi connectivity index (χ0v) is 18.8. The van der Waals surface area contributed by atoms with Crippen LogP contribution in [0.5, 0.6) is 0 Å². The minimum absolute atomic E-state index is 0.0479. The second-order valence-electron chi connectivity index (χ2n) is 7.87. The summed E-state index contributed by atoms with van der Waals surface area (Å²) in [5.74, 6) is -0.0479. The van der Waals surface area contributed by atoms with E-state index in [4.69, 9.17) is 16.3 Å². The van der Waals surface area contributed by atoms with E-state index in [1.165, 1.54) is 0 Å². The van der Waals surface area contributed by atoms with Crippen molar-refractivity contribution in [3.63, 3.8) is 0 Å². The highest BCUT2D eigenvalue weighted by molar-refractivity contribution is 6.30. The molecule has 31 heavy (non-hydrogen) atoms. The Bertz CT molecular complexity index is 1050. The fourth-order valence-electron chi connectivity index (χ4n) is 4.04. The number of halogens is 1. The first-order valence-electron chi connectivity index (χ1n) is 10.7. The number of ether oxygens (including phenoxy) is 1.